The van der Waals surface area contributed by atoms with Crippen molar-refractivity contribution in [3.63, 3.8) is 0 Å². The van der Waals surface area contributed by atoms with Crippen molar-refractivity contribution in [2.45, 2.75) is 50.3 Å². The molecule has 3 heterocycles. The molecule has 178 valence electrons. The van der Waals surface area contributed by atoms with Crippen LogP contribution in [-0.2, 0) is 14.8 Å². The van der Waals surface area contributed by atoms with Crippen LogP contribution in [0.5, 0.6) is 0 Å². The van der Waals surface area contributed by atoms with Gasteiger partial charge in [-0.05, 0) is 74.2 Å². The highest BCUT2D eigenvalue weighted by molar-refractivity contribution is 7.89. The van der Waals surface area contributed by atoms with Crippen molar-refractivity contribution in [3.8, 4) is 11.4 Å². The predicted octanol–water partition coefficient (Wildman–Crippen LogP) is 4.05. The van der Waals surface area contributed by atoms with Crippen LogP contribution in [0.15, 0.2) is 51.9 Å². The van der Waals surface area contributed by atoms with Crippen LogP contribution in [-0.4, -0.2) is 48.4 Å². The van der Waals surface area contributed by atoms with E-state index in [9.17, 15) is 13.2 Å². The van der Waals surface area contributed by atoms with E-state index in [-0.39, 0.29) is 16.7 Å². The number of carbonyl (C=O) groups excluding carboxylic acids is 1. The molecule has 0 spiro atoms. The molecule has 0 radical (unpaired) electrons. The van der Waals surface area contributed by atoms with Crippen molar-refractivity contribution in [1.29, 1.82) is 0 Å². The minimum Gasteiger partial charge on any atom is -0.339 e. The fraction of sp³-hybridized carbons (Fsp3) is 0.400. The molecule has 0 unspecified atom stereocenters. The topological polar surface area (TPSA) is 96.6 Å². The highest BCUT2D eigenvalue weighted by Crippen LogP contribution is 2.33. The second-order valence-corrected chi connectivity index (χ2v) is 11.1. The first-order chi connectivity index (χ1) is 16.3. The molecule has 0 bridgehead atoms. The van der Waals surface area contributed by atoms with Crippen molar-refractivity contribution in [1.82, 2.24) is 14.4 Å². The molecule has 0 aliphatic carbocycles. The average Bonchev–Trinajstić information content (AvgIpc) is 3.49. The molecule has 34 heavy (non-hydrogen) atoms. The lowest BCUT2D eigenvalue weighted by atomic mass is 10.1. The van der Waals surface area contributed by atoms with Gasteiger partial charge in [-0.2, -0.15) is 9.29 Å². The Balaban J connectivity index is 1.31. The monoisotopic (exact) mass is 480 g/mol. The number of benzene rings is 2. The molecule has 2 saturated heterocycles. The molecular weight excluding hydrogens is 452 g/mol. The maximum absolute atomic E-state index is 12.9. The summed E-state index contributed by atoms with van der Waals surface area (Å²) in [6.07, 6.45) is 3.17. The van der Waals surface area contributed by atoms with E-state index < -0.39 is 10.0 Å². The standard InChI is InChI=1S/C25H28N4O4S/c1-17-6-9-21(14-18(17)2)29-16-20(15-23(29)30)25-26-24(27-33-25)19-7-10-22(11-8-19)34(31,32)28-12-4-3-5-13-28/h6-11,14,20H,3-5,12-13,15-16H2,1-2H3/t20-/m0/s1. The number of hydrogen-bond acceptors (Lipinski definition) is 6. The van der Waals surface area contributed by atoms with Gasteiger partial charge in [0.2, 0.25) is 27.6 Å². The number of piperidine rings is 1. The normalized spacial score (nSPS) is 19.6. The Morgan fingerprint density at radius 3 is 2.41 bits per heavy atom. The summed E-state index contributed by atoms with van der Waals surface area (Å²) in [5.41, 5.74) is 3.87. The highest BCUT2D eigenvalue weighted by atomic mass is 32.2. The lowest BCUT2D eigenvalue weighted by Crippen LogP contribution is -2.35. The van der Waals surface area contributed by atoms with Gasteiger partial charge in [-0.15, -0.1) is 0 Å². The molecule has 1 atom stereocenters. The molecule has 2 aromatic carbocycles. The van der Waals surface area contributed by atoms with Crippen molar-refractivity contribution >= 4 is 21.6 Å². The van der Waals surface area contributed by atoms with E-state index in [0.29, 0.717) is 43.3 Å². The van der Waals surface area contributed by atoms with E-state index in [2.05, 4.69) is 10.1 Å². The molecule has 2 aliphatic heterocycles. The fourth-order valence-electron chi connectivity index (χ4n) is 4.56. The zero-order chi connectivity index (χ0) is 23.9. The van der Waals surface area contributed by atoms with Crippen LogP contribution in [0.2, 0.25) is 0 Å². The Hall–Kier alpha value is -3.04. The molecule has 5 rings (SSSR count). The largest absolute Gasteiger partial charge is 0.339 e. The Kier molecular flexibility index (Phi) is 5.99. The number of aryl methyl sites for hydroxylation is 2. The third-order valence-electron chi connectivity index (χ3n) is 6.78. The number of nitrogens with zero attached hydrogens (tertiary/aromatic N) is 4. The van der Waals surface area contributed by atoms with Gasteiger partial charge in [0.25, 0.3) is 0 Å². The van der Waals surface area contributed by atoms with E-state index in [0.717, 1.165) is 30.5 Å². The SMILES string of the molecule is Cc1ccc(N2C[C@@H](c3nc(-c4ccc(S(=O)(=O)N5CCCCC5)cc4)no3)CC2=O)cc1C. The van der Waals surface area contributed by atoms with Crippen molar-refractivity contribution in [2.75, 3.05) is 24.5 Å². The Morgan fingerprint density at radius 1 is 0.971 bits per heavy atom. The number of rotatable bonds is 5. The maximum atomic E-state index is 12.9. The second-order valence-electron chi connectivity index (χ2n) is 9.12. The number of sulfonamides is 1. The van der Waals surface area contributed by atoms with E-state index in [1.54, 1.807) is 33.5 Å². The van der Waals surface area contributed by atoms with Gasteiger partial charge < -0.3 is 9.42 Å². The van der Waals surface area contributed by atoms with Crippen LogP contribution in [0.1, 0.15) is 48.6 Å². The maximum Gasteiger partial charge on any atom is 0.243 e. The second kappa shape index (κ2) is 8.96. The van der Waals surface area contributed by atoms with Crippen molar-refractivity contribution < 1.29 is 17.7 Å². The Labute approximate surface area is 199 Å². The lowest BCUT2D eigenvalue weighted by molar-refractivity contribution is -0.117. The van der Waals surface area contributed by atoms with E-state index in [1.807, 2.05) is 32.0 Å². The number of anilines is 1. The average molecular weight is 481 g/mol. The van der Waals surface area contributed by atoms with Crippen LogP contribution in [0.4, 0.5) is 5.69 Å². The number of carbonyl (C=O) groups is 1. The van der Waals surface area contributed by atoms with Crippen molar-refractivity contribution in [3.05, 3.63) is 59.5 Å². The van der Waals surface area contributed by atoms with Gasteiger partial charge in [-0.25, -0.2) is 8.42 Å². The first-order valence-electron chi connectivity index (χ1n) is 11.6. The van der Waals surface area contributed by atoms with Gasteiger partial charge >= 0.3 is 0 Å². The zero-order valence-corrected chi connectivity index (χ0v) is 20.2. The summed E-state index contributed by atoms with van der Waals surface area (Å²) in [5.74, 6) is 0.642. The van der Waals surface area contributed by atoms with Crippen LogP contribution < -0.4 is 4.90 Å². The molecule has 2 fully saturated rings. The summed E-state index contributed by atoms with van der Waals surface area (Å²) < 4.78 is 32.8. The first-order valence-corrected chi connectivity index (χ1v) is 13.1. The third kappa shape index (κ3) is 4.25. The van der Waals surface area contributed by atoms with Crippen LogP contribution in [0.3, 0.4) is 0 Å². The van der Waals surface area contributed by atoms with Gasteiger partial charge in [0.05, 0.1) is 10.8 Å². The van der Waals surface area contributed by atoms with E-state index >= 15 is 0 Å². The summed E-state index contributed by atoms with van der Waals surface area (Å²) >= 11 is 0. The molecule has 0 saturated carbocycles. The first kappa shape index (κ1) is 22.7. The molecule has 9 heteroatoms. The number of hydrogen-bond donors (Lipinski definition) is 0. The summed E-state index contributed by atoms with van der Waals surface area (Å²) in [6, 6.07) is 12.6. The molecule has 1 aromatic heterocycles. The smallest absolute Gasteiger partial charge is 0.243 e. The number of amides is 1. The molecule has 2 aliphatic rings. The molecule has 8 nitrogen and oxygen atoms in total. The van der Waals surface area contributed by atoms with Gasteiger partial charge in [-0.1, -0.05) is 17.6 Å². The van der Waals surface area contributed by atoms with E-state index in [1.165, 1.54) is 5.56 Å². The third-order valence-corrected chi connectivity index (χ3v) is 8.70. The van der Waals surface area contributed by atoms with Crippen LogP contribution in [0.25, 0.3) is 11.4 Å². The summed E-state index contributed by atoms with van der Waals surface area (Å²) in [5, 5.41) is 4.09. The predicted molar refractivity (Wildman–Crippen MR) is 128 cm³/mol. The zero-order valence-electron chi connectivity index (χ0n) is 19.4. The van der Waals surface area contributed by atoms with Gasteiger partial charge in [0.1, 0.15) is 0 Å². The Morgan fingerprint density at radius 2 is 1.71 bits per heavy atom. The van der Waals surface area contributed by atoms with Crippen LogP contribution >= 0.6 is 0 Å². The Bertz CT molecular complexity index is 1310. The summed E-state index contributed by atoms with van der Waals surface area (Å²) in [7, 11) is -3.49. The van der Waals surface area contributed by atoms with Gasteiger partial charge in [0.15, 0.2) is 0 Å². The van der Waals surface area contributed by atoms with Crippen LogP contribution in [0, 0.1) is 13.8 Å². The highest BCUT2D eigenvalue weighted by Gasteiger charge is 2.35. The minimum absolute atomic E-state index is 0.0280. The summed E-state index contributed by atoms with van der Waals surface area (Å²) in [6.45, 7) is 5.69. The van der Waals surface area contributed by atoms with E-state index in [4.69, 9.17) is 4.52 Å². The molecular formula is C25H28N4O4S. The number of aromatic nitrogens is 2. The molecule has 1 amide bonds. The minimum atomic E-state index is -3.49. The lowest BCUT2D eigenvalue weighted by Gasteiger charge is -2.25. The van der Waals surface area contributed by atoms with Gasteiger partial charge in [-0.3, -0.25) is 4.79 Å². The van der Waals surface area contributed by atoms with Gasteiger partial charge in [0, 0.05) is 37.3 Å². The molecule has 3 aromatic rings. The summed E-state index contributed by atoms with van der Waals surface area (Å²) in [4.78, 5) is 19.2. The van der Waals surface area contributed by atoms with Crippen molar-refractivity contribution in [2.24, 2.45) is 0 Å². The fourth-order valence-corrected chi connectivity index (χ4v) is 6.08. The quantitative estimate of drug-likeness (QED) is 0.547. The molecule has 0 N–H and O–H groups in total.